The number of nitrogens with zero attached hydrogens (tertiary/aromatic N) is 2. The highest BCUT2D eigenvalue weighted by molar-refractivity contribution is 7.09. The zero-order chi connectivity index (χ0) is 14.7. The van der Waals surface area contributed by atoms with Crippen molar-refractivity contribution in [2.24, 2.45) is 0 Å². The van der Waals surface area contributed by atoms with Gasteiger partial charge in [0.25, 0.3) is 0 Å². The SMILES string of the molecule is O=C(OCc1cccs1)c1ccn(-c2cccc(Cl)c2)n1. The van der Waals surface area contributed by atoms with E-state index in [9.17, 15) is 4.79 Å². The second kappa shape index (κ2) is 6.11. The third kappa shape index (κ3) is 3.32. The maximum atomic E-state index is 11.9. The summed E-state index contributed by atoms with van der Waals surface area (Å²) in [5, 5.41) is 6.77. The molecule has 0 saturated heterocycles. The number of halogens is 1. The lowest BCUT2D eigenvalue weighted by atomic mass is 10.3. The standard InChI is InChI=1S/C15H11ClN2O2S/c16-11-3-1-4-12(9-11)18-7-6-14(17-18)15(19)20-10-13-5-2-8-21-13/h1-9H,10H2. The summed E-state index contributed by atoms with van der Waals surface area (Å²) >= 11 is 7.49. The first-order chi connectivity index (χ1) is 10.2. The minimum atomic E-state index is -0.441. The van der Waals surface area contributed by atoms with Gasteiger partial charge in [-0.1, -0.05) is 23.7 Å². The minimum absolute atomic E-state index is 0.264. The molecule has 3 aromatic rings. The van der Waals surface area contributed by atoms with Gasteiger partial charge >= 0.3 is 5.97 Å². The number of aromatic nitrogens is 2. The van der Waals surface area contributed by atoms with Crippen LogP contribution in [-0.2, 0) is 11.3 Å². The van der Waals surface area contributed by atoms with Gasteiger partial charge in [0.05, 0.1) is 5.69 Å². The molecule has 0 radical (unpaired) electrons. The van der Waals surface area contributed by atoms with Crippen LogP contribution in [0.4, 0.5) is 0 Å². The van der Waals surface area contributed by atoms with E-state index in [2.05, 4.69) is 5.10 Å². The van der Waals surface area contributed by atoms with E-state index >= 15 is 0 Å². The van der Waals surface area contributed by atoms with Crippen LogP contribution in [0.25, 0.3) is 5.69 Å². The van der Waals surface area contributed by atoms with E-state index < -0.39 is 5.97 Å². The van der Waals surface area contributed by atoms with Gasteiger partial charge in [0.15, 0.2) is 5.69 Å². The fourth-order valence-corrected chi connectivity index (χ4v) is 2.60. The van der Waals surface area contributed by atoms with Crippen LogP contribution in [0.1, 0.15) is 15.4 Å². The summed E-state index contributed by atoms with van der Waals surface area (Å²) < 4.78 is 6.81. The molecule has 4 nitrogen and oxygen atoms in total. The van der Waals surface area contributed by atoms with Crippen molar-refractivity contribution in [3.05, 3.63) is 69.6 Å². The monoisotopic (exact) mass is 318 g/mol. The maximum absolute atomic E-state index is 11.9. The maximum Gasteiger partial charge on any atom is 0.359 e. The van der Waals surface area contributed by atoms with Crippen LogP contribution in [0.15, 0.2) is 54.0 Å². The van der Waals surface area contributed by atoms with Crippen molar-refractivity contribution >= 4 is 28.9 Å². The quantitative estimate of drug-likeness (QED) is 0.684. The van der Waals surface area contributed by atoms with Gasteiger partial charge in [0.1, 0.15) is 6.61 Å². The minimum Gasteiger partial charge on any atom is -0.455 e. The van der Waals surface area contributed by atoms with Crippen molar-refractivity contribution in [2.45, 2.75) is 6.61 Å². The molecular weight excluding hydrogens is 308 g/mol. The molecule has 0 bridgehead atoms. The number of rotatable bonds is 4. The van der Waals surface area contributed by atoms with Crippen LogP contribution < -0.4 is 0 Å². The first kappa shape index (κ1) is 13.9. The number of carbonyl (C=O) groups excluding carboxylic acids is 1. The summed E-state index contributed by atoms with van der Waals surface area (Å²) in [6.07, 6.45) is 1.70. The molecule has 2 aromatic heterocycles. The molecule has 2 heterocycles. The van der Waals surface area contributed by atoms with Gasteiger partial charge in [-0.15, -0.1) is 11.3 Å². The molecule has 0 aliphatic rings. The average Bonchev–Trinajstić information content (AvgIpc) is 3.16. The second-order valence-electron chi connectivity index (χ2n) is 4.28. The second-order valence-corrected chi connectivity index (χ2v) is 5.75. The molecule has 0 N–H and O–H groups in total. The molecule has 0 saturated carbocycles. The van der Waals surface area contributed by atoms with Crippen molar-refractivity contribution in [3.8, 4) is 5.69 Å². The van der Waals surface area contributed by atoms with E-state index in [-0.39, 0.29) is 12.3 Å². The molecule has 0 aliphatic carbocycles. The number of benzene rings is 1. The number of hydrogen-bond acceptors (Lipinski definition) is 4. The Hall–Kier alpha value is -2.11. The number of esters is 1. The van der Waals surface area contributed by atoms with Crippen molar-refractivity contribution in [1.29, 1.82) is 0 Å². The lowest BCUT2D eigenvalue weighted by Crippen LogP contribution is -2.06. The highest BCUT2D eigenvalue weighted by Crippen LogP contribution is 2.15. The fraction of sp³-hybridized carbons (Fsp3) is 0.0667. The molecule has 0 aliphatic heterocycles. The third-order valence-electron chi connectivity index (χ3n) is 2.80. The Morgan fingerprint density at radius 1 is 1.29 bits per heavy atom. The summed E-state index contributed by atoms with van der Waals surface area (Å²) in [6, 6.07) is 12.7. The fourth-order valence-electron chi connectivity index (χ4n) is 1.80. The van der Waals surface area contributed by atoms with Crippen LogP contribution in [0.5, 0.6) is 0 Å². The molecule has 0 fully saturated rings. The smallest absolute Gasteiger partial charge is 0.359 e. The van der Waals surface area contributed by atoms with Gasteiger partial charge in [0.2, 0.25) is 0 Å². The van der Waals surface area contributed by atoms with E-state index in [1.54, 1.807) is 40.4 Å². The Balaban J connectivity index is 1.71. The number of hydrogen-bond donors (Lipinski definition) is 0. The molecule has 0 amide bonds. The van der Waals surface area contributed by atoms with Crippen molar-refractivity contribution in [3.63, 3.8) is 0 Å². The van der Waals surface area contributed by atoms with Crippen LogP contribution in [0, 0.1) is 0 Å². The van der Waals surface area contributed by atoms with Crippen LogP contribution >= 0.6 is 22.9 Å². The van der Waals surface area contributed by atoms with E-state index in [4.69, 9.17) is 16.3 Å². The third-order valence-corrected chi connectivity index (χ3v) is 3.88. The zero-order valence-corrected chi connectivity index (χ0v) is 12.5. The summed E-state index contributed by atoms with van der Waals surface area (Å²) in [5.41, 5.74) is 1.06. The van der Waals surface area contributed by atoms with Gasteiger partial charge in [-0.05, 0) is 35.7 Å². The van der Waals surface area contributed by atoms with E-state index in [0.717, 1.165) is 10.6 Å². The van der Waals surface area contributed by atoms with E-state index in [0.29, 0.717) is 5.02 Å². The predicted molar refractivity (Wildman–Crippen MR) is 82.0 cm³/mol. The summed E-state index contributed by atoms with van der Waals surface area (Å²) in [7, 11) is 0. The normalized spacial score (nSPS) is 10.5. The van der Waals surface area contributed by atoms with Crippen molar-refractivity contribution < 1.29 is 9.53 Å². The summed E-state index contributed by atoms with van der Waals surface area (Å²) in [5.74, 6) is -0.441. The molecule has 0 spiro atoms. The molecule has 3 rings (SSSR count). The number of ether oxygens (including phenoxy) is 1. The Bertz CT molecular complexity index is 753. The highest BCUT2D eigenvalue weighted by Gasteiger charge is 2.12. The lowest BCUT2D eigenvalue weighted by Gasteiger charge is -2.02. The number of thiophene rings is 1. The first-order valence-electron chi connectivity index (χ1n) is 6.23. The zero-order valence-electron chi connectivity index (χ0n) is 10.9. The summed E-state index contributed by atoms with van der Waals surface area (Å²) in [4.78, 5) is 12.9. The van der Waals surface area contributed by atoms with Gasteiger partial charge in [-0.2, -0.15) is 5.10 Å². The largest absolute Gasteiger partial charge is 0.455 e. The highest BCUT2D eigenvalue weighted by atomic mass is 35.5. The first-order valence-corrected chi connectivity index (χ1v) is 7.49. The Morgan fingerprint density at radius 3 is 2.95 bits per heavy atom. The van der Waals surface area contributed by atoms with E-state index in [1.165, 1.54) is 0 Å². The van der Waals surface area contributed by atoms with E-state index in [1.807, 2.05) is 29.6 Å². The molecular formula is C15H11ClN2O2S. The van der Waals surface area contributed by atoms with Gasteiger partial charge < -0.3 is 4.74 Å². The predicted octanol–water partition coefficient (Wildman–Crippen LogP) is 3.94. The van der Waals surface area contributed by atoms with Gasteiger partial charge in [0, 0.05) is 16.1 Å². The molecule has 6 heteroatoms. The molecule has 106 valence electrons. The Labute approximate surface area is 130 Å². The molecule has 21 heavy (non-hydrogen) atoms. The molecule has 0 unspecified atom stereocenters. The molecule has 0 atom stereocenters. The topological polar surface area (TPSA) is 44.1 Å². The Kier molecular flexibility index (Phi) is 4.03. The average molecular weight is 319 g/mol. The lowest BCUT2D eigenvalue weighted by molar-refractivity contribution is 0.0469. The van der Waals surface area contributed by atoms with Gasteiger partial charge in [-0.25, -0.2) is 9.48 Å². The summed E-state index contributed by atoms with van der Waals surface area (Å²) in [6.45, 7) is 0.264. The van der Waals surface area contributed by atoms with Crippen LogP contribution in [-0.4, -0.2) is 15.7 Å². The van der Waals surface area contributed by atoms with Gasteiger partial charge in [-0.3, -0.25) is 0 Å². The Morgan fingerprint density at radius 2 is 2.19 bits per heavy atom. The van der Waals surface area contributed by atoms with Crippen molar-refractivity contribution in [2.75, 3.05) is 0 Å². The van der Waals surface area contributed by atoms with Crippen LogP contribution in [0.2, 0.25) is 5.02 Å². The number of carbonyl (C=O) groups is 1. The van der Waals surface area contributed by atoms with Crippen molar-refractivity contribution in [1.82, 2.24) is 9.78 Å². The molecule has 1 aromatic carbocycles. The van der Waals surface area contributed by atoms with Crippen LogP contribution in [0.3, 0.4) is 0 Å².